The molecule has 1 aromatic carbocycles. The van der Waals surface area contributed by atoms with Crippen molar-refractivity contribution in [1.82, 2.24) is 14.5 Å². The lowest BCUT2D eigenvalue weighted by molar-refractivity contribution is 0.116. The molecular weight excluding hydrogens is 395 g/mol. The molecule has 1 aliphatic rings. The Balaban J connectivity index is 1.65. The van der Waals surface area contributed by atoms with Crippen LogP contribution in [0.1, 0.15) is 30.0 Å². The molecule has 1 N–H and O–H groups in total. The van der Waals surface area contributed by atoms with Crippen molar-refractivity contribution in [2.45, 2.75) is 31.9 Å². The van der Waals surface area contributed by atoms with Crippen molar-refractivity contribution >= 4 is 16.7 Å². The molecule has 152 valence electrons. The molecule has 4 rings (SSSR count). The van der Waals surface area contributed by atoms with Crippen LogP contribution in [0.3, 0.4) is 0 Å². The van der Waals surface area contributed by atoms with Gasteiger partial charge in [-0.25, -0.2) is 31.9 Å². The van der Waals surface area contributed by atoms with Crippen molar-refractivity contribution in [3.05, 3.63) is 64.1 Å². The van der Waals surface area contributed by atoms with Crippen LogP contribution in [-0.4, -0.2) is 21.0 Å². The molecule has 1 fully saturated rings. The quantitative estimate of drug-likeness (QED) is 0.616. The number of nitrogens with one attached hydrogen (secondary N) is 1. The zero-order chi connectivity index (χ0) is 20.7. The normalized spacial score (nSPS) is 18.6. The van der Waals surface area contributed by atoms with Gasteiger partial charge in [0.2, 0.25) is 6.43 Å². The van der Waals surface area contributed by atoms with E-state index < -0.39 is 41.8 Å². The van der Waals surface area contributed by atoms with Crippen LogP contribution in [0.4, 0.5) is 27.8 Å². The minimum atomic E-state index is -2.94. The van der Waals surface area contributed by atoms with Crippen molar-refractivity contribution in [2.24, 2.45) is 5.92 Å². The molecule has 2 aromatic heterocycles. The van der Waals surface area contributed by atoms with Gasteiger partial charge >= 0.3 is 0 Å². The highest BCUT2D eigenvalue weighted by Crippen LogP contribution is 2.46. The molecule has 1 aliphatic carbocycles. The van der Waals surface area contributed by atoms with Gasteiger partial charge in [-0.2, -0.15) is 0 Å². The van der Waals surface area contributed by atoms with Crippen LogP contribution in [-0.2, 0) is 6.54 Å². The number of aromatic nitrogens is 3. The third kappa shape index (κ3) is 3.66. The predicted octanol–water partition coefficient (Wildman–Crippen LogP) is 4.31. The number of rotatable bonds is 6. The van der Waals surface area contributed by atoms with E-state index in [0.29, 0.717) is 10.9 Å². The molecule has 5 nitrogen and oxygen atoms in total. The van der Waals surface area contributed by atoms with Crippen LogP contribution in [0, 0.1) is 11.7 Å². The Kier molecular flexibility index (Phi) is 4.93. The number of fused-ring (bicyclic) bond motifs is 1. The van der Waals surface area contributed by atoms with E-state index in [1.807, 2.05) is 0 Å². The average Bonchev–Trinajstić information content (AvgIpc) is 3.47. The fourth-order valence-corrected chi connectivity index (χ4v) is 3.32. The number of pyridine rings is 1. The van der Waals surface area contributed by atoms with Crippen molar-refractivity contribution < 1.29 is 22.0 Å². The highest BCUT2D eigenvalue weighted by Gasteiger charge is 2.46. The Morgan fingerprint density at radius 2 is 2.00 bits per heavy atom. The van der Waals surface area contributed by atoms with E-state index in [1.54, 1.807) is 0 Å². The summed E-state index contributed by atoms with van der Waals surface area (Å²) < 4.78 is 66.9. The number of anilines is 1. The smallest absolute Gasteiger partial charge is 0.266 e. The first-order chi connectivity index (χ1) is 13.9. The van der Waals surface area contributed by atoms with Gasteiger partial charge in [0.25, 0.3) is 12.0 Å². The molecule has 1 saturated carbocycles. The first kappa shape index (κ1) is 19.3. The summed E-state index contributed by atoms with van der Waals surface area (Å²) in [6.07, 6.45) is -2.66. The van der Waals surface area contributed by atoms with Gasteiger partial charge in [-0.15, -0.1) is 0 Å². The molecular formula is C19H15F5N4O. The van der Waals surface area contributed by atoms with Gasteiger partial charge in [-0.05, 0) is 6.42 Å². The minimum absolute atomic E-state index is 0.0165. The van der Waals surface area contributed by atoms with Crippen LogP contribution in [0.5, 0.6) is 0 Å². The summed E-state index contributed by atoms with van der Waals surface area (Å²) >= 11 is 0. The second kappa shape index (κ2) is 7.41. The highest BCUT2D eigenvalue weighted by molar-refractivity contribution is 5.87. The summed E-state index contributed by atoms with van der Waals surface area (Å²) in [5.41, 5.74) is -0.842. The van der Waals surface area contributed by atoms with Crippen molar-refractivity contribution in [3.63, 3.8) is 0 Å². The maximum atomic E-state index is 14.2. The van der Waals surface area contributed by atoms with Gasteiger partial charge in [0.1, 0.15) is 18.0 Å². The maximum absolute atomic E-state index is 14.2. The van der Waals surface area contributed by atoms with Crippen molar-refractivity contribution in [3.8, 4) is 0 Å². The lowest BCUT2D eigenvalue weighted by Crippen LogP contribution is -2.19. The summed E-state index contributed by atoms with van der Waals surface area (Å²) in [5, 5.41) is 3.24. The predicted molar refractivity (Wildman–Crippen MR) is 95.6 cm³/mol. The van der Waals surface area contributed by atoms with Gasteiger partial charge in [-0.1, -0.05) is 18.2 Å². The van der Waals surface area contributed by atoms with E-state index in [4.69, 9.17) is 0 Å². The maximum Gasteiger partial charge on any atom is 0.266 e. The van der Waals surface area contributed by atoms with E-state index in [0.717, 1.165) is 6.07 Å². The lowest BCUT2D eigenvalue weighted by atomic mass is 10.1. The summed E-state index contributed by atoms with van der Waals surface area (Å²) in [5.74, 6) is -1.65. The second-order valence-electron chi connectivity index (χ2n) is 6.82. The molecule has 10 heteroatoms. The van der Waals surface area contributed by atoms with Crippen molar-refractivity contribution in [2.75, 3.05) is 5.32 Å². The number of hydrogen-bond acceptors (Lipinski definition) is 4. The van der Waals surface area contributed by atoms with Crippen LogP contribution >= 0.6 is 0 Å². The molecule has 0 radical (unpaired) electrons. The zero-order valence-corrected chi connectivity index (χ0v) is 14.8. The third-order valence-corrected chi connectivity index (χ3v) is 4.97. The number of benzene rings is 1. The largest absolute Gasteiger partial charge is 0.365 e. The first-order valence-electron chi connectivity index (χ1n) is 8.81. The molecule has 0 aliphatic heterocycles. The first-order valence-corrected chi connectivity index (χ1v) is 8.81. The summed E-state index contributed by atoms with van der Waals surface area (Å²) in [6.45, 7) is -0.138. The van der Waals surface area contributed by atoms with E-state index in [-0.39, 0.29) is 24.3 Å². The van der Waals surface area contributed by atoms with Crippen molar-refractivity contribution in [1.29, 1.82) is 0 Å². The molecule has 0 amide bonds. The molecule has 3 aromatic rings. The van der Waals surface area contributed by atoms with E-state index in [2.05, 4.69) is 15.3 Å². The van der Waals surface area contributed by atoms with E-state index >= 15 is 0 Å². The van der Waals surface area contributed by atoms with E-state index in [1.165, 1.54) is 35.3 Å². The van der Waals surface area contributed by atoms with Gasteiger partial charge < -0.3 is 9.88 Å². The molecule has 2 heterocycles. The monoisotopic (exact) mass is 410 g/mol. The standard InChI is InChI=1S/C19H15F5N4O/c20-16-9(2-1-3-10(16)17(21)22)6-25-19-12-7-28(14-4-11(14)18(23)24)15(29)5-13(12)26-8-27-19/h1-3,5,7-8,11,14,17-18H,4,6H2,(H,25,26,27)/t11-,14?/m1/s1. The Morgan fingerprint density at radius 3 is 2.69 bits per heavy atom. The Morgan fingerprint density at radius 1 is 1.21 bits per heavy atom. The minimum Gasteiger partial charge on any atom is -0.365 e. The highest BCUT2D eigenvalue weighted by atomic mass is 19.3. The fourth-order valence-electron chi connectivity index (χ4n) is 3.32. The lowest BCUT2D eigenvalue weighted by Gasteiger charge is -2.12. The zero-order valence-electron chi connectivity index (χ0n) is 14.8. The summed E-state index contributed by atoms with van der Waals surface area (Å²) in [7, 11) is 0. The summed E-state index contributed by atoms with van der Waals surface area (Å²) in [6, 6.07) is 4.33. The Hall–Kier alpha value is -3.04. The number of hydrogen-bond donors (Lipinski definition) is 1. The third-order valence-electron chi connectivity index (χ3n) is 4.97. The molecule has 0 spiro atoms. The average molecular weight is 410 g/mol. The van der Waals surface area contributed by atoms with Gasteiger partial charge in [-0.3, -0.25) is 4.79 Å². The molecule has 0 saturated heterocycles. The summed E-state index contributed by atoms with van der Waals surface area (Å²) in [4.78, 5) is 20.3. The van der Waals surface area contributed by atoms with E-state index in [9.17, 15) is 26.7 Å². The Bertz CT molecular complexity index is 1120. The molecule has 29 heavy (non-hydrogen) atoms. The Labute approximate surface area is 161 Å². The SMILES string of the molecule is O=c1cc2ncnc(NCc3cccc(C(F)F)c3F)c2cn1C1C[C@H]1C(F)F. The number of halogens is 5. The van der Waals surface area contributed by atoms with Crippen LogP contribution in [0.25, 0.3) is 10.9 Å². The van der Waals surface area contributed by atoms with Gasteiger partial charge in [0.05, 0.1) is 16.5 Å². The fraction of sp³-hybridized carbons (Fsp3) is 0.316. The number of alkyl halides is 4. The molecule has 1 unspecified atom stereocenters. The second-order valence-corrected chi connectivity index (χ2v) is 6.82. The molecule has 0 bridgehead atoms. The van der Waals surface area contributed by atoms with Crippen LogP contribution in [0.15, 0.2) is 41.6 Å². The topological polar surface area (TPSA) is 59.8 Å². The molecule has 2 atom stereocenters. The van der Waals surface area contributed by atoms with Gasteiger partial charge in [0.15, 0.2) is 0 Å². The van der Waals surface area contributed by atoms with Crippen LogP contribution < -0.4 is 10.9 Å². The van der Waals surface area contributed by atoms with Gasteiger partial charge in [0, 0.05) is 36.3 Å². The van der Waals surface area contributed by atoms with Crippen LogP contribution in [0.2, 0.25) is 0 Å². The number of nitrogens with zero attached hydrogens (tertiary/aromatic N) is 3.